The van der Waals surface area contributed by atoms with Crippen LogP contribution < -0.4 is 0 Å². The maximum atomic E-state index is 10.6. The number of hydrogen-bond donors (Lipinski definition) is 1. The molecule has 0 spiro atoms. The molecule has 0 saturated heterocycles. The van der Waals surface area contributed by atoms with Crippen LogP contribution in [0.4, 0.5) is 0 Å². The van der Waals surface area contributed by atoms with Crippen molar-refractivity contribution in [1.82, 2.24) is 0 Å². The molecule has 0 bridgehead atoms. The predicted molar refractivity (Wildman–Crippen MR) is 58.6 cm³/mol. The lowest BCUT2D eigenvalue weighted by molar-refractivity contribution is -0.138. The van der Waals surface area contributed by atoms with Gasteiger partial charge >= 0.3 is 5.97 Å². The van der Waals surface area contributed by atoms with Gasteiger partial charge in [0.1, 0.15) is 0 Å². The smallest absolute Gasteiger partial charge is 0.303 e. The molecule has 0 aliphatic rings. The Morgan fingerprint density at radius 1 is 1.57 bits per heavy atom. The van der Waals surface area contributed by atoms with Crippen molar-refractivity contribution in [3.63, 3.8) is 0 Å². The van der Waals surface area contributed by atoms with Gasteiger partial charge in [0.15, 0.2) is 0 Å². The Bertz CT molecular complexity index is 277. The number of carboxylic acid groups (broad SMARTS) is 1. The third-order valence-corrected chi connectivity index (χ3v) is 3.32. The van der Waals surface area contributed by atoms with Crippen LogP contribution in [-0.2, 0) is 11.2 Å². The number of hydrogen-bond acceptors (Lipinski definition) is 2. The fourth-order valence-electron chi connectivity index (χ4n) is 1.46. The standard InChI is InChI=1S/C11H16O2S/c1-8(2)9(7-11(12)13)6-10-4-3-5-14-10/h3-5,8-9H,6-7H2,1-2H3,(H,12,13). The zero-order valence-corrected chi connectivity index (χ0v) is 9.38. The summed E-state index contributed by atoms with van der Waals surface area (Å²) in [5, 5.41) is 10.8. The molecular formula is C11H16O2S. The van der Waals surface area contributed by atoms with Crippen molar-refractivity contribution in [3.05, 3.63) is 22.4 Å². The van der Waals surface area contributed by atoms with Gasteiger partial charge in [0.25, 0.3) is 0 Å². The first kappa shape index (κ1) is 11.2. The highest BCUT2D eigenvalue weighted by Gasteiger charge is 2.17. The zero-order valence-electron chi connectivity index (χ0n) is 8.56. The first-order chi connectivity index (χ1) is 6.59. The maximum Gasteiger partial charge on any atom is 0.303 e. The van der Waals surface area contributed by atoms with Crippen molar-refractivity contribution in [2.45, 2.75) is 26.7 Å². The van der Waals surface area contributed by atoms with Gasteiger partial charge in [-0.3, -0.25) is 4.79 Å². The van der Waals surface area contributed by atoms with Crippen LogP contribution in [0.25, 0.3) is 0 Å². The quantitative estimate of drug-likeness (QED) is 0.814. The van der Waals surface area contributed by atoms with Crippen molar-refractivity contribution in [1.29, 1.82) is 0 Å². The molecule has 1 aromatic rings. The van der Waals surface area contributed by atoms with E-state index in [1.807, 2.05) is 11.4 Å². The second-order valence-corrected chi connectivity index (χ2v) is 4.92. The highest BCUT2D eigenvalue weighted by Crippen LogP contribution is 2.23. The highest BCUT2D eigenvalue weighted by molar-refractivity contribution is 7.09. The van der Waals surface area contributed by atoms with E-state index in [1.165, 1.54) is 4.88 Å². The molecule has 1 N–H and O–H groups in total. The third-order valence-electron chi connectivity index (χ3n) is 2.42. The third kappa shape index (κ3) is 3.50. The molecule has 78 valence electrons. The normalized spacial score (nSPS) is 13.1. The second kappa shape index (κ2) is 5.15. The maximum absolute atomic E-state index is 10.6. The summed E-state index contributed by atoms with van der Waals surface area (Å²) in [6.45, 7) is 4.17. The largest absolute Gasteiger partial charge is 0.481 e. The van der Waals surface area contributed by atoms with E-state index in [0.717, 1.165) is 6.42 Å². The monoisotopic (exact) mass is 212 g/mol. The van der Waals surface area contributed by atoms with Gasteiger partial charge in [0, 0.05) is 11.3 Å². The summed E-state index contributed by atoms with van der Waals surface area (Å²) in [6.07, 6.45) is 1.16. The Balaban J connectivity index is 2.56. The molecule has 1 aromatic heterocycles. The molecule has 2 nitrogen and oxygen atoms in total. The SMILES string of the molecule is CC(C)C(CC(=O)O)Cc1cccs1. The van der Waals surface area contributed by atoms with Gasteiger partial charge in [-0.1, -0.05) is 19.9 Å². The van der Waals surface area contributed by atoms with Crippen LogP contribution in [0.1, 0.15) is 25.1 Å². The van der Waals surface area contributed by atoms with E-state index in [4.69, 9.17) is 5.11 Å². The number of carbonyl (C=O) groups is 1. The molecule has 0 aliphatic carbocycles. The fraction of sp³-hybridized carbons (Fsp3) is 0.545. The molecule has 1 unspecified atom stereocenters. The lowest BCUT2D eigenvalue weighted by Crippen LogP contribution is -2.16. The van der Waals surface area contributed by atoms with Crippen LogP contribution in [0.5, 0.6) is 0 Å². The molecule has 0 amide bonds. The summed E-state index contributed by atoms with van der Waals surface area (Å²) in [4.78, 5) is 11.9. The second-order valence-electron chi connectivity index (χ2n) is 3.89. The highest BCUT2D eigenvalue weighted by atomic mass is 32.1. The summed E-state index contributed by atoms with van der Waals surface area (Å²) in [6, 6.07) is 4.08. The molecule has 1 atom stereocenters. The summed E-state index contributed by atoms with van der Waals surface area (Å²) >= 11 is 1.70. The van der Waals surface area contributed by atoms with Crippen LogP contribution in [-0.4, -0.2) is 11.1 Å². The molecule has 1 heterocycles. The van der Waals surface area contributed by atoms with Gasteiger partial charge in [-0.2, -0.15) is 0 Å². The molecule has 3 heteroatoms. The topological polar surface area (TPSA) is 37.3 Å². The van der Waals surface area contributed by atoms with E-state index < -0.39 is 5.97 Å². The van der Waals surface area contributed by atoms with E-state index in [9.17, 15) is 4.79 Å². The Morgan fingerprint density at radius 2 is 2.29 bits per heavy atom. The minimum absolute atomic E-state index is 0.256. The van der Waals surface area contributed by atoms with Gasteiger partial charge in [-0.25, -0.2) is 0 Å². The summed E-state index contributed by atoms with van der Waals surface area (Å²) in [7, 11) is 0. The number of aliphatic carboxylic acids is 1. The van der Waals surface area contributed by atoms with Crippen LogP contribution >= 0.6 is 11.3 Å². The van der Waals surface area contributed by atoms with E-state index in [1.54, 1.807) is 11.3 Å². The lowest BCUT2D eigenvalue weighted by atomic mass is 9.89. The van der Waals surface area contributed by atoms with Crippen molar-refractivity contribution in [3.8, 4) is 0 Å². The summed E-state index contributed by atoms with van der Waals surface area (Å²) in [5.74, 6) is -0.0143. The van der Waals surface area contributed by atoms with Crippen LogP contribution in [0, 0.1) is 11.8 Å². The van der Waals surface area contributed by atoms with E-state index in [-0.39, 0.29) is 12.3 Å². The number of carboxylic acids is 1. The Hall–Kier alpha value is -0.830. The number of rotatable bonds is 5. The van der Waals surface area contributed by atoms with E-state index in [2.05, 4.69) is 19.9 Å². The first-order valence-corrected chi connectivity index (χ1v) is 5.71. The average Bonchev–Trinajstić information content (AvgIpc) is 2.54. The summed E-state index contributed by atoms with van der Waals surface area (Å²) in [5.41, 5.74) is 0. The Morgan fingerprint density at radius 3 is 2.71 bits per heavy atom. The molecular weight excluding hydrogens is 196 g/mol. The minimum atomic E-state index is -0.694. The van der Waals surface area contributed by atoms with Gasteiger partial charge in [0.05, 0.1) is 0 Å². The Labute approximate surface area is 88.6 Å². The molecule has 0 fully saturated rings. The Kier molecular flexibility index (Phi) is 4.14. The van der Waals surface area contributed by atoms with Crippen LogP contribution in [0.15, 0.2) is 17.5 Å². The molecule has 0 saturated carbocycles. The molecule has 0 aromatic carbocycles. The first-order valence-electron chi connectivity index (χ1n) is 4.83. The molecule has 14 heavy (non-hydrogen) atoms. The van der Waals surface area contributed by atoms with Gasteiger partial charge in [-0.15, -0.1) is 11.3 Å². The zero-order chi connectivity index (χ0) is 10.6. The van der Waals surface area contributed by atoms with Gasteiger partial charge in [0.2, 0.25) is 0 Å². The van der Waals surface area contributed by atoms with Crippen molar-refractivity contribution in [2.75, 3.05) is 0 Å². The van der Waals surface area contributed by atoms with Crippen molar-refractivity contribution < 1.29 is 9.90 Å². The van der Waals surface area contributed by atoms with E-state index in [0.29, 0.717) is 5.92 Å². The number of thiophene rings is 1. The van der Waals surface area contributed by atoms with Gasteiger partial charge in [-0.05, 0) is 29.7 Å². The van der Waals surface area contributed by atoms with Gasteiger partial charge < -0.3 is 5.11 Å². The predicted octanol–water partition coefficient (Wildman–Crippen LogP) is 3.04. The summed E-state index contributed by atoms with van der Waals surface area (Å²) < 4.78 is 0. The van der Waals surface area contributed by atoms with Crippen molar-refractivity contribution in [2.24, 2.45) is 11.8 Å². The van der Waals surface area contributed by atoms with E-state index >= 15 is 0 Å². The molecule has 0 radical (unpaired) electrons. The molecule has 1 rings (SSSR count). The van der Waals surface area contributed by atoms with Crippen molar-refractivity contribution >= 4 is 17.3 Å². The molecule has 0 aliphatic heterocycles. The average molecular weight is 212 g/mol. The van der Waals surface area contributed by atoms with Crippen LogP contribution in [0.3, 0.4) is 0 Å². The van der Waals surface area contributed by atoms with Crippen LogP contribution in [0.2, 0.25) is 0 Å². The minimum Gasteiger partial charge on any atom is -0.481 e. The fourth-order valence-corrected chi connectivity index (χ4v) is 2.25. The lowest BCUT2D eigenvalue weighted by Gasteiger charge is -2.17.